The summed E-state index contributed by atoms with van der Waals surface area (Å²) in [7, 11) is 1.60. The van der Waals surface area contributed by atoms with Crippen molar-refractivity contribution in [2.75, 3.05) is 17.7 Å². The first-order valence-corrected chi connectivity index (χ1v) is 10.0. The number of hydrogen-bond donors (Lipinski definition) is 2. The van der Waals surface area contributed by atoms with Crippen LogP contribution < -0.4 is 20.1 Å². The zero-order valence-corrected chi connectivity index (χ0v) is 18.3. The average Bonchev–Trinajstić information content (AvgIpc) is 2.78. The second-order valence-corrected chi connectivity index (χ2v) is 7.18. The fourth-order valence-corrected chi connectivity index (χ4v) is 3.10. The minimum atomic E-state index is -4.79. The van der Waals surface area contributed by atoms with E-state index in [1.54, 1.807) is 26.2 Å². The quantitative estimate of drug-likeness (QED) is 0.392. The molecule has 0 bridgehead atoms. The Balaban J connectivity index is 1.72. The van der Waals surface area contributed by atoms with Gasteiger partial charge in [-0.1, -0.05) is 42.5 Å². The van der Waals surface area contributed by atoms with Crippen LogP contribution in [0.15, 0.2) is 60.7 Å². The van der Waals surface area contributed by atoms with Gasteiger partial charge in [0.15, 0.2) is 0 Å². The van der Waals surface area contributed by atoms with Crippen LogP contribution in [-0.4, -0.2) is 19.5 Å². The molecule has 0 aliphatic carbocycles. The third-order valence-corrected chi connectivity index (χ3v) is 4.99. The van der Waals surface area contributed by atoms with Crippen molar-refractivity contribution in [3.8, 4) is 11.5 Å². The fraction of sp³-hybridized carbons (Fsp3) is 0.160. The van der Waals surface area contributed by atoms with E-state index in [1.165, 1.54) is 19.1 Å². The lowest BCUT2D eigenvalue weighted by atomic mass is 10.1. The molecule has 0 radical (unpaired) electrons. The summed E-state index contributed by atoms with van der Waals surface area (Å²) in [5.74, 6) is 0.453. The molecule has 8 heteroatoms. The average molecular weight is 456 g/mol. The van der Waals surface area contributed by atoms with Crippen molar-refractivity contribution in [2.45, 2.75) is 20.2 Å². The molecule has 0 fully saturated rings. The van der Waals surface area contributed by atoms with Gasteiger partial charge in [-0.15, -0.1) is 13.2 Å². The second-order valence-electron chi connectivity index (χ2n) is 7.18. The van der Waals surface area contributed by atoms with Gasteiger partial charge in [-0.2, -0.15) is 0 Å². The molecule has 0 aliphatic rings. The van der Waals surface area contributed by atoms with Crippen LogP contribution >= 0.6 is 0 Å². The number of amides is 2. The molecular weight excluding hydrogens is 433 g/mol. The number of ether oxygens (including phenoxy) is 2. The van der Waals surface area contributed by atoms with E-state index >= 15 is 0 Å². The van der Waals surface area contributed by atoms with E-state index in [4.69, 9.17) is 4.74 Å². The smallest absolute Gasteiger partial charge is 0.497 e. The number of nitrogens with one attached hydrogen (secondary N) is 2. The number of rotatable bonds is 6. The summed E-state index contributed by atoms with van der Waals surface area (Å²) in [4.78, 5) is 12.6. The summed E-state index contributed by atoms with van der Waals surface area (Å²) < 4.78 is 46.8. The summed E-state index contributed by atoms with van der Waals surface area (Å²) in [5.41, 5.74) is 3.46. The number of carbonyl (C=O) groups is 1. The van der Waals surface area contributed by atoms with Gasteiger partial charge in [0, 0.05) is 11.4 Å². The van der Waals surface area contributed by atoms with Crippen LogP contribution in [0.1, 0.15) is 22.3 Å². The molecule has 5 nitrogen and oxygen atoms in total. The zero-order valence-electron chi connectivity index (χ0n) is 18.3. The maximum absolute atomic E-state index is 12.6. The van der Waals surface area contributed by atoms with E-state index in [9.17, 15) is 18.0 Å². The highest BCUT2D eigenvalue weighted by molar-refractivity contribution is 6.01. The monoisotopic (exact) mass is 456 g/mol. The lowest BCUT2D eigenvalue weighted by Crippen LogP contribution is -2.21. The molecule has 3 aromatic rings. The van der Waals surface area contributed by atoms with Crippen molar-refractivity contribution < 1.29 is 27.4 Å². The van der Waals surface area contributed by atoms with Crippen molar-refractivity contribution in [1.29, 1.82) is 0 Å². The molecule has 0 unspecified atom stereocenters. The molecule has 0 aliphatic heterocycles. The van der Waals surface area contributed by atoms with Crippen LogP contribution in [0.4, 0.5) is 29.3 Å². The van der Waals surface area contributed by atoms with Gasteiger partial charge in [0.25, 0.3) is 0 Å². The van der Waals surface area contributed by atoms with Crippen molar-refractivity contribution in [2.24, 2.45) is 0 Å². The molecule has 0 heterocycles. The summed E-state index contributed by atoms with van der Waals surface area (Å²) in [6.45, 7) is 3.11. The molecule has 3 aromatic carbocycles. The zero-order chi connectivity index (χ0) is 24.0. The molecule has 0 saturated heterocycles. The standard InChI is InChI=1S/C25H23F3N2O3/c1-16-17(2)23(33-25(26,27)28)15-14-21(16)29-24(31)30-22-7-5-4-6-19(22)11-8-18-9-12-20(32-3)13-10-18/h4-15H,1-3H3,(H2,29,30,31)/b11-8+. The van der Waals surface area contributed by atoms with Gasteiger partial charge < -0.3 is 20.1 Å². The maximum atomic E-state index is 12.6. The van der Waals surface area contributed by atoms with Crippen molar-refractivity contribution >= 4 is 29.6 Å². The van der Waals surface area contributed by atoms with Gasteiger partial charge in [0.2, 0.25) is 0 Å². The van der Waals surface area contributed by atoms with Crippen LogP contribution in [0.3, 0.4) is 0 Å². The molecule has 33 heavy (non-hydrogen) atoms. The Morgan fingerprint density at radius 3 is 2.18 bits per heavy atom. The Hall–Kier alpha value is -3.94. The number of benzene rings is 3. The number of carbonyl (C=O) groups excluding carboxylic acids is 1. The van der Waals surface area contributed by atoms with Gasteiger partial charge in [-0.25, -0.2) is 4.79 Å². The predicted octanol–water partition coefficient (Wildman–Crippen LogP) is 7.03. The minimum Gasteiger partial charge on any atom is -0.497 e. The first-order valence-electron chi connectivity index (χ1n) is 10.0. The summed E-state index contributed by atoms with van der Waals surface area (Å²) >= 11 is 0. The Morgan fingerprint density at radius 2 is 1.52 bits per heavy atom. The lowest BCUT2D eigenvalue weighted by Gasteiger charge is -2.16. The number of para-hydroxylation sites is 1. The van der Waals surface area contributed by atoms with Gasteiger partial charge in [0.05, 0.1) is 7.11 Å². The maximum Gasteiger partial charge on any atom is 0.573 e. The van der Waals surface area contributed by atoms with Crippen LogP contribution in [-0.2, 0) is 0 Å². The van der Waals surface area contributed by atoms with Gasteiger partial charge in [-0.3, -0.25) is 0 Å². The molecule has 172 valence electrons. The lowest BCUT2D eigenvalue weighted by molar-refractivity contribution is -0.274. The van der Waals surface area contributed by atoms with E-state index in [0.29, 0.717) is 16.9 Å². The molecule has 0 spiro atoms. The summed E-state index contributed by atoms with van der Waals surface area (Å²) in [6, 6.07) is 16.8. The first-order chi connectivity index (χ1) is 15.7. The number of alkyl halides is 3. The number of anilines is 2. The van der Waals surface area contributed by atoms with Crippen LogP contribution in [0.25, 0.3) is 12.2 Å². The normalized spacial score (nSPS) is 11.3. The summed E-state index contributed by atoms with van der Waals surface area (Å²) in [6.07, 6.45) is -1.01. The highest BCUT2D eigenvalue weighted by Crippen LogP contribution is 2.31. The molecule has 0 atom stereocenters. The third-order valence-electron chi connectivity index (χ3n) is 4.99. The third kappa shape index (κ3) is 6.52. The number of halogens is 3. The molecule has 2 N–H and O–H groups in total. The van der Waals surface area contributed by atoms with Crippen LogP contribution in [0.2, 0.25) is 0 Å². The molecular formula is C25H23F3N2O3. The van der Waals surface area contributed by atoms with Crippen molar-refractivity contribution in [3.63, 3.8) is 0 Å². The minimum absolute atomic E-state index is 0.285. The van der Waals surface area contributed by atoms with Gasteiger partial charge in [0.1, 0.15) is 11.5 Å². The van der Waals surface area contributed by atoms with Crippen molar-refractivity contribution in [3.05, 3.63) is 82.9 Å². The van der Waals surface area contributed by atoms with E-state index in [0.717, 1.165) is 16.9 Å². The topological polar surface area (TPSA) is 59.6 Å². The molecule has 2 amide bonds. The Bertz CT molecular complexity index is 1160. The van der Waals surface area contributed by atoms with E-state index in [1.807, 2.05) is 48.6 Å². The summed E-state index contributed by atoms with van der Waals surface area (Å²) in [5, 5.41) is 5.46. The highest BCUT2D eigenvalue weighted by atomic mass is 19.4. The van der Waals surface area contributed by atoms with Crippen molar-refractivity contribution in [1.82, 2.24) is 0 Å². The molecule has 0 saturated carbocycles. The largest absolute Gasteiger partial charge is 0.573 e. The predicted molar refractivity (Wildman–Crippen MR) is 124 cm³/mol. The number of urea groups is 1. The first kappa shape index (κ1) is 23.7. The Labute approximate surface area is 189 Å². The van der Waals surface area contributed by atoms with Crippen LogP contribution in [0, 0.1) is 13.8 Å². The van der Waals surface area contributed by atoms with Gasteiger partial charge >= 0.3 is 12.4 Å². The van der Waals surface area contributed by atoms with E-state index < -0.39 is 12.4 Å². The Morgan fingerprint density at radius 1 is 0.848 bits per heavy atom. The SMILES string of the molecule is COc1ccc(/C=C/c2ccccc2NC(=O)Nc2ccc(OC(F)(F)F)c(C)c2C)cc1. The van der Waals surface area contributed by atoms with E-state index in [-0.39, 0.29) is 11.3 Å². The highest BCUT2D eigenvalue weighted by Gasteiger charge is 2.32. The van der Waals surface area contributed by atoms with Gasteiger partial charge in [-0.05, 0) is 66.4 Å². The molecule has 0 aromatic heterocycles. The van der Waals surface area contributed by atoms with Crippen LogP contribution in [0.5, 0.6) is 11.5 Å². The fourth-order valence-electron chi connectivity index (χ4n) is 3.10. The number of hydrogen-bond acceptors (Lipinski definition) is 3. The Kier molecular flexibility index (Phi) is 7.27. The van der Waals surface area contributed by atoms with E-state index in [2.05, 4.69) is 15.4 Å². The number of methoxy groups -OCH3 is 1. The molecule has 3 rings (SSSR count). The second kappa shape index (κ2) is 10.1.